The Labute approximate surface area is 176 Å². The molecular weight excluding hydrogens is 453 g/mol. The molecule has 21 heavy (non-hydrogen) atoms. The van der Waals surface area contributed by atoms with Crippen LogP contribution < -0.4 is 0 Å². The van der Waals surface area contributed by atoms with Crippen molar-refractivity contribution in [3.8, 4) is 0 Å². The summed E-state index contributed by atoms with van der Waals surface area (Å²) in [5.41, 5.74) is 0. The normalized spacial score (nSPS) is 26.1. The highest BCUT2D eigenvalue weighted by Gasteiger charge is 2.38. The van der Waals surface area contributed by atoms with Crippen LogP contribution in [0.1, 0.15) is 12.8 Å². The van der Waals surface area contributed by atoms with Crippen molar-refractivity contribution in [3.63, 3.8) is 0 Å². The van der Waals surface area contributed by atoms with E-state index < -0.39 is 0 Å². The van der Waals surface area contributed by atoms with Gasteiger partial charge in [-0.2, -0.15) is 61.4 Å². The first-order chi connectivity index (χ1) is 10.3. The largest absolute Gasteiger partial charge is 0.168 e. The zero-order chi connectivity index (χ0) is 15.4. The highest BCUT2D eigenvalue weighted by atomic mass is 32.3. The molecule has 1 rings (SSSR count). The van der Waals surface area contributed by atoms with Gasteiger partial charge in [0.2, 0.25) is 0 Å². The summed E-state index contributed by atoms with van der Waals surface area (Å²) in [6.45, 7) is 0. The molecule has 0 N–H and O–H groups in total. The molecule has 1 fully saturated rings. The Bertz CT molecular complexity index is 247. The maximum Gasteiger partial charge on any atom is 0.156 e. The zero-order valence-corrected chi connectivity index (χ0v) is 20.0. The molecule has 0 saturated carbocycles. The molecule has 10 heteroatoms. The first kappa shape index (κ1) is 22.5. The Morgan fingerprint density at radius 1 is 1.00 bits per heavy atom. The van der Waals surface area contributed by atoms with E-state index in [2.05, 4.69) is 84.9 Å². The summed E-state index contributed by atoms with van der Waals surface area (Å²) in [7, 11) is 0. The molecule has 1 heterocycles. The van der Waals surface area contributed by atoms with Crippen LogP contribution >= 0.6 is 120 Å². The van der Waals surface area contributed by atoms with Gasteiger partial charge in [-0.05, 0) is 30.1 Å². The van der Waals surface area contributed by atoms with Crippen molar-refractivity contribution in [3.05, 3.63) is 0 Å². The van der Waals surface area contributed by atoms with Crippen LogP contribution in [0.25, 0.3) is 0 Å². The highest BCUT2D eigenvalue weighted by molar-refractivity contribution is 8.51. The second kappa shape index (κ2) is 14.6. The molecule has 0 amide bonds. The summed E-state index contributed by atoms with van der Waals surface area (Å²) in [6, 6.07) is 0. The van der Waals surface area contributed by atoms with Gasteiger partial charge in [0.25, 0.3) is 0 Å². The standard InChI is InChI=1S/C11H22S10/c12-6-15-3-1-4-16-9-20-11(19-8-14)18-5-2-10(21-11)17-7-13/h10,12-14H,1-9H2. The van der Waals surface area contributed by atoms with E-state index in [1.165, 1.54) is 35.2 Å². The number of hydrogen-bond donors (Lipinski definition) is 3. The Morgan fingerprint density at radius 3 is 2.52 bits per heavy atom. The van der Waals surface area contributed by atoms with Gasteiger partial charge in [-0.3, -0.25) is 0 Å². The Balaban J connectivity index is 2.27. The Morgan fingerprint density at radius 2 is 1.81 bits per heavy atom. The predicted octanol–water partition coefficient (Wildman–Crippen LogP) is 6.47. The van der Waals surface area contributed by atoms with Gasteiger partial charge in [0.1, 0.15) is 0 Å². The van der Waals surface area contributed by atoms with Gasteiger partial charge in [-0.15, -0.1) is 58.8 Å². The number of hydrogen-bond acceptors (Lipinski definition) is 10. The van der Waals surface area contributed by atoms with Crippen LogP contribution in [0.15, 0.2) is 0 Å². The van der Waals surface area contributed by atoms with Crippen LogP contribution in [0, 0.1) is 0 Å². The SMILES string of the molecule is SCSCCCSCSC1(SCS)SCCC(SCS)S1. The fourth-order valence-electron chi connectivity index (χ4n) is 1.51. The van der Waals surface area contributed by atoms with Crippen LogP contribution in [0.3, 0.4) is 0 Å². The lowest BCUT2D eigenvalue weighted by molar-refractivity contribution is 1.06. The monoisotopic (exact) mass is 474 g/mol. The minimum atomic E-state index is 0.244. The average Bonchev–Trinajstić information content (AvgIpc) is 2.47. The van der Waals surface area contributed by atoms with Gasteiger partial charge in [0, 0.05) is 20.3 Å². The zero-order valence-electron chi connectivity index (χ0n) is 11.6. The summed E-state index contributed by atoms with van der Waals surface area (Å²) in [5, 5.41) is 3.95. The van der Waals surface area contributed by atoms with Crippen molar-refractivity contribution in [2.24, 2.45) is 0 Å². The molecule has 0 aromatic rings. The van der Waals surface area contributed by atoms with Crippen molar-refractivity contribution in [2.75, 3.05) is 37.6 Å². The summed E-state index contributed by atoms with van der Waals surface area (Å²) >= 11 is 27.3. The van der Waals surface area contributed by atoms with E-state index in [0.717, 1.165) is 15.3 Å². The molecule has 1 aliphatic heterocycles. The van der Waals surface area contributed by atoms with E-state index in [1.54, 1.807) is 0 Å². The quantitative estimate of drug-likeness (QED) is 0.166. The number of thiol groups is 3. The van der Waals surface area contributed by atoms with Crippen LogP contribution in [-0.4, -0.2) is 44.9 Å². The van der Waals surface area contributed by atoms with Crippen LogP contribution in [0.2, 0.25) is 0 Å². The molecule has 126 valence electrons. The summed E-state index contributed by atoms with van der Waals surface area (Å²) < 4.78 is 0.938. The molecule has 0 nitrogen and oxygen atoms in total. The molecule has 0 aromatic carbocycles. The summed E-state index contributed by atoms with van der Waals surface area (Å²) in [4.78, 5) is 0. The molecule has 0 aromatic heterocycles. The second-order valence-electron chi connectivity index (χ2n) is 3.82. The summed E-state index contributed by atoms with van der Waals surface area (Å²) in [6.07, 6.45) is 2.59. The van der Waals surface area contributed by atoms with Gasteiger partial charge in [-0.25, -0.2) is 0 Å². The predicted molar refractivity (Wildman–Crippen MR) is 130 cm³/mol. The minimum Gasteiger partial charge on any atom is -0.168 e. The van der Waals surface area contributed by atoms with E-state index in [0.29, 0.717) is 4.58 Å². The molecule has 0 aliphatic carbocycles. The van der Waals surface area contributed by atoms with Crippen molar-refractivity contribution in [2.45, 2.75) is 20.2 Å². The lowest BCUT2D eigenvalue weighted by Gasteiger charge is -2.38. The molecule has 2 atom stereocenters. The number of rotatable bonds is 12. The lowest BCUT2D eigenvalue weighted by atomic mass is 10.6. The van der Waals surface area contributed by atoms with Gasteiger partial charge < -0.3 is 0 Å². The second-order valence-corrected chi connectivity index (χ2v) is 16.8. The Hall–Kier alpha value is 3.50. The topological polar surface area (TPSA) is 0 Å². The minimum absolute atomic E-state index is 0.244. The smallest absolute Gasteiger partial charge is 0.156 e. The third-order valence-electron chi connectivity index (χ3n) is 2.40. The van der Waals surface area contributed by atoms with Gasteiger partial charge in [0.15, 0.2) is 2.74 Å². The average molecular weight is 475 g/mol. The Kier molecular flexibility index (Phi) is 15.7. The van der Waals surface area contributed by atoms with Crippen molar-refractivity contribution in [1.29, 1.82) is 0 Å². The summed E-state index contributed by atoms with van der Waals surface area (Å²) in [5.74, 6) is 3.76. The fraction of sp³-hybridized carbons (Fsp3) is 1.00. The molecule has 0 radical (unpaired) electrons. The van der Waals surface area contributed by atoms with E-state index >= 15 is 0 Å². The number of thioether (sulfide) groups is 7. The van der Waals surface area contributed by atoms with E-state index in [9.17, 15) is 0 Å². The lowest BCUT2D eigenvalue weighted by Crippen LogP contribution is -2.22. The van der Waals surface area contributed by atoms with Gasteiger partial charge >= 0.3 is 0 Å². The first-order valence-corrected chi connectivity index (χ1v) is 15.5. The highest BCUT2D eigenvalue weighted by Crippen LogP contribution is 2.62. The van der Waals surface area contributed by atoms with Crippen LogP contribution in [-0.2, 0) is 0 Å². The van der Waals surface area contributed by atoms with Gasteiger partial charge in [-0.1, -0.05) is 0 Å². The first-order valence-electron chi connectivity index (χ1n) is 6.45. The molecule has 2 unspecified atom stereocenters. The van der Waals surface area contributed by atoms with Crippen LogP contribution in [0.5, 0.6) is 0 Å². The molecule has 1 aliphatic rings. The third-order valence-corrected chi connectivity index (χ3v) is 14.2. The maximum absolute atomic E-state index is 4.45. The van der Waals surface area contributed by atoms with E-state index in [4.69, 9.17) is 0 Å². The molecule has 1 saturated heterocycles. The maximum atomic E-state index is 4.45. The third kappa shape index (κ3) is 10.3. The van der Waals surface area contributed by atoms with E-state index in [-0.39, 0.29) is 2.74 Å². The molecule has 0 spiro atoms. The molecule has 0 bridgehead atoms. The van der Waals surface area contributed by atoms with Crippen LogP contribution in [0.4, 0.5) is 0 Å². The van der Waals surface area contributed by atoms with Crippen molar-refractivity contribution < 1.29 is 0 Å². The van der Waals surface area contributed by atoms with Gasteiger partial charge in [0.05, 0.1) is 4.58 Å². The van der Waals surface area contributed by atoms with Crippen molar-refractivity contribution in [1.82, 2.24) is 0 Å². The molecular formula is C11H22S10. The fourth-order valence-corrected chi connectivity index (χ4v) is 15.5. The van der Waals surface area contributed by atoms with Crippen molar-refractivity contribution >= 4 is 120 Å². The van der Waals surface area contributed by atoms with E-state index in [1.807, 2.05) is 35.3 Å².